The molecular formula is C11H18N2O4. The van der Waals surface area contributed by atoms with Crippen molar-refractivity contribution in [3.05, 3.63) is 12.7 Å². The van der Waals surface area contributed by atoms with Crippen molar-refractivity contribution in [2.75, 3.05) is 46.6 Å². The van der Waals surface area contributed by atoms with E-state index < -0.39 is 0 Å². The molecule has 0 spiro atoms. The number of methoxy groups -OCH3 is 1. The first kappa shape index (κ1) is 13.7. The van der Waals surface area contributed by atoms with Gasteiger partial charge in [-0.25, -0.2) is 4.79 Å². The fourth-order valence-corrected chi connectivity index (χ4v) is 1.52. The number of urea groups is 1. The molecule has 1 heterocycles. The summed E-state index contributed by atoms with van der Waals surface area (Å²) < 4.78 is 10.1. The summed E-state index contributed by atoms with van der Waals surface area (Å²) in [6.45, 7) is 6.31. The molecule has 0 aliphatic carbocycles. The normalized spacial score (nSPS) is 15.5. The van der Waals surface area contributed by atoms with Crippen LogP contribution >= 0.6 is 0 Å². The maximum atomic E-state index is 11.7. The smallest absolute Gasteiger partial charge is 0.327 e. The van der Waals surface area contributed by atoms with Crippen LogP contribution in [0.2, 0.25) is 0 Å². The largest absolute Gasteiger partial charge is 0.382 e. The summed E-state index contributed by atoms with van der Waals surface area (Å²) in [5, 5.41) is 0. The zero-order valence-corrected chi connectivity index (χ0v) is 10.1. The van der Waals surface area contributed by atoms with Gasteiger partial charge in [-0.1, -0.05) is 6.58 Å². The predicted octanol–water partition coefficient (Wildman–Crippen LogP) is 0.0996. The van der Waals surface area contributed by atoms with Crippen molar-refractivity contribution in [2.24, 2.45) is 0 Å². The van der Waals surface area contributed by atoms with Crippen LogP contribution in [0.5, 0.6) is 0 Å². The van der Waals surface area contributed by atoms with E-state index in [1.807, 2.05) is 0 Å². The van der Waals surface area contributed by atoms with E-state index in [-0.39, 0.29) is 11.9 Å². The van der Waals surface area contributed by atoms with Crippen molar-refractivity contribution >= 4 is 11.9 Å². The Hall–Kier alpha value is -1.40. The summed E-state index contributed by atoms with van der Waals surface area (Å²) in [5.74, 6) is -0.349. The van der Waals surface area contributed by atoms with E-state index in [0.29, 0.717) is 39.5 Å². The molecule has 3 amide bonds. The topological polar surface area (TPSA) is 59.1 Å². The highest BCUT2D eigenvalue weighted by Crippen LogP contribution is 2.08. The second kappa shape index (κ2) is 7.03. The molecule has 1 aliphatic rings. The first-order valence-electron chi connectivity index (χ1n) is 5.50. The number of carbonyl (C=O) groups is 2. The number of hydrogen-bond donors (Lipinski definition) is 0. The lowest BCUT2D eigenvalue weighted by Gasteiger charge is -2.16. The second-order valence-corrected chi connectivity index (χ2v) is 3.57. The van der Waals surface area contributed by atoms with Crippen LogP contribution in [0, 0.1) is 0 Å². The Morgan fingerprint density at radius 1 is 1.41 bits per heavy atom. The molecule has 0 radical (unpaired) electrons. The summed E-state index contributed by atoms with van der Waals surface area (Å²) in [6, 6.07) is -0.273. The molecule has 0 saturated carbocycles. The van der Waals surface area contributed by atoms with E-state index in [1.165, 1.54) is 4.90 Å². The van der Waals surface area contributed by atoms with Gasteiger partial charge in [-0.05, 0) is 6.08 Å². The zero-order chi connectivity index (χ0) is 12.7. The van der Waals surface area contributed by atoms with Crippen molar-refractivity contribution in [2.45, 2.75) is 0 Å². The summed E-state index contributed by atoms with van der Waals surface area (Å²) >= 11 is 0. The van der Waals surface area contributed by atoms with Crippen molar-refractivity contribution in [1.29, 1.82) is 0 Å². The van der Waals surface area contributed by atoms with Gasteiger partial charge in [0.2, 0.25) is 0 Å². The van der Waals surface area contributed by atoms with Gasteiger partial charge >= 0.3 is 6.03 Å². The van der Waals surface area contributed by atoms with E-state index in [0.717, 1.165) is 6.08 Å². The van der Waals surface area contributed by atoms with Crippen LogP contribution in [0.15, 0.2) is 12.7 Å². The predicted molar refractivity (Wildman–Crippen MR) is 61.6 cm³/mol. The maximum Gasteiger partial charge on any atom is 0.327 e. The molecule has 96 valence electrons. The van der Waals surface area contributed by atoms with Gasteiger partial charge in [0.15, 0.2) is 0 Å². The van der Waals surface area contributed by atoms with Gasteiger partial charge in [0.25, 0.3) is 5.91 Å². The zero-order valence-electron chi connectivity index (χ0n) is 10.1. The first-order chi connectivity index (χ1) is 8.20. The standard InChI is InChI=1S/C11H18N2O4/c1-3-10(14)13-5-4-12(11(13)15)6-7-17-9-8-16-2/h3H,1,4-9H2,2H3. The van der Waals surface area contributed by atoms with E-state index in [9.17, 15) is 9.59 Å². The van der Waals surface area contributed by atoms with Crippen LogP contribution in [-0.4, -0.2) is 68.3 Å². The molecular weight excluding hydrogens is 224 g/mol. The fourth-order valence-electron chi connectivity index (χ4n) is 1.52. The van der Waals surface area contributed by atoms with E-state index in [1.54, 1.807) is 12.0 Å². The van der Waals surface area contributed by atoms with Crippen LogP contribution in [-0.2, 0) is 14.3 Å². The van der Waals surface area contributed by atoms with Gasteiger partial charge < -0.3 is 14.4 Å². The average Bonchev–Trinajstić information content (AvgIpc) is 2.70. The van der Waals surface area contributed by atoms with Gasteiger partial charge in [-0.15, -0.1) is 0 Å². The fraction of sp³-hybridized carbons (Fsp3) is 0.636. The number of rotatable bonds is 7. The number of imide groups is 1. The molecule has 6 heteroatoms. The molecule has 1 aliphatic heterocycles. The Kier molecular flexibility index (Phi) is 5.65. The third-order valence-corrected chi connectivity index (χ3v) is 2.47. The van der Waals surface area contributed by atoms with Crippen molar-refractivity contribution in [3.63, 3.8) is 0 Å². The third kappa shape index (κ3) is 3.83. The van der Waals surface area contributed by atoms with Crippen molar-refractivity contribution in [1.82, 2.24) is 9.80 Å². The van der Waals surface area contributed by atoms with E-state index in [4.69, 9.17) is 9.47 Å². The molecule has 1 rings (SSSR count). The molecule has 0 unspecified atom stereocenters. The van der Waals surface area contributed by atoms with E-state index >= 15 is 0 Å². The highest BCUT2D eigenvalue weighted by Gasteiger charge is 2.31. The average molecular weight is 242 g/mol. The Morgan fingerprint density at radius 2 is 2.18 bits per heavy atom. The quantitative estimate of drug-likeness (QED) is 0.469. The molecule has 0 N–H and O–H groups in total. The minimum atomic E-state index is -0.349. The summed E-state index contributed by atoms with van der Waals surface area (Å²) in [5.41, 5.74) is 0. The number of nitrogens with zero attached hydrogens (tertiary/aromatic N) is 2. The molecule has 0 aromatic heterocycles. The maximum absolute atomic E-state index is 11.7. The van der Waals surface area contributed by atoms with Gasteiger partial charge in [0, 0.05) is 26.7 Å². The number of amides is 3. The van der Waals surface area contributed by atoms with Gasteiger partial charge in [0.05, 0.1) is 19.8 Å². The second-order valence-electron chi connectivity index (χ2n) is 3.57. The Morgan fingerprint density at radius 3 is 2.82 bits per heavy atom. The Bertz CT molecular complexity index is 293. The monoisotopic (exact) mass is 242 g/mol. The number of ether oxygens (including phenoxy) is 2. The van der Waals surface area contributed by atoms with Crippen molar-refractivity contribution in [3.8, 4) is 0 Å². The number of carbonyl (C=O) groups excluding carboxylic acids is 2. The summed E-state index contributed by atoms with van der Waals surface area (Å²) in [4.78, 5) is 25.8. The molecule has 6 nitrogen and oxygen atoms in total. The molecule has 0 aromatic rings. The molecule has 1 fully saturated rings. The highest BCUT2D eigenvalue weighted by atomic mass is 16.5. The third-order valence-electron chi connectivity index (χ3n) is 2.47. The Labute approximate surface area is 101 Å². The Balaban J connectivity index is 2.25. The van der Waals surface area contributed by atoms with Gasteiger partial charge in [-0.2, -0.15) is 0 Å². The van der Waals surface area contributed by atoms with Crippen molar-refractivity contribution < 1.29 is 19.1 Å². The SMILES string of the molecule is C=CC(=O)N1CCN(CCOCCOC)C1=O. The minimum absolute atomic E-state index is 0.273. The molecule has 0 aromatic carbocycles. The lowest BCUT2D eigenvalue weighted by atomic mass is 10.5. The van der Waals surface area contributed by atoms with E-state index in [2.05, 4.69) is 6.58 Å². The van der Waals surface area contributed by atoms with Gasteiger partial charge in [-0.3, -0.25) is 9.69 Å². The lowest BCUT2D eigenvalue weighted by molar-refractivity contribution is -0.122. The van der Waals surface area contributed by atoms with Crippen LogP contribution < -0.4 is 0 Å². The number of hydrogen-bond acceptors (Lipinski definition) is 4. The van der Waals surface area contributed by atoms with Crippen LogP contribution in [0.4, 0.5) is 4.79 Å². The molecule has 0 bridgehead atoms. The summed E-state index contributed by atoms with van der Waals surface area (Å²) in [7, 11) is 1.60. The van der Waals surface area contributed by atoms with Crippen LogP contribution in [0.25, 0.3) is 0 Å². The van der Waals surface area contributed by atoms with Gasteiger partial charge in [0.1, 0.15) is 0 Å². The lowest BCUT2D eigenvalue weighted by Crippen LogP contribution is -2.36. The molecule has 0 atom stereocenters. The summed E-state index contributed by atoms with van der Waals surface area (Å²) in [6.07, 6.45) is 1.15. The van der Waals surface area contributed by atoms with Crippen LogP contribution in [0.3, 0.4) is 0 Å². The molecule has 1 saturated heterocycles. The first-order valence-corrected chi connectivity index (χ1v) is 5.50. The minimum Gasteiger partial charge on any atom is -0.382 e. The molecule has 17 heavy (non-hydrogen) atoms. The highest BCUT2D eigenvalue weighted by molar-refractivity contribution is 6.01. The van der Waals surface area contributed by atoms with Crippen LogP contribution in [0.1, 0.15) is 0 Å².